The van der Waals surface area contributed by atoms with Gasteiger partial charge in [0.05, 0.1) is 13.2 Å². The van der Waals surface area contributed by atoms with Crippen LogP contribution in [0.15, 0.2) is 0 Å². The number of carbonyl (C=O) groups excluding carboxylic acids is 1. The van der Waals surface area contributed by atoms with Gasteiger partial charge in [0.1, 0.15) is 0 Å². The van der Waals surface area contributed by atoms with Gasteiger partial charge in [-0.05, 0) is 20.3 Å². The van der Waals surface area contributed by atoms with Gasteiger partial charge in [0.2, 0.25) is 10.0 Å². The largest absolute Gasteiger partial charge is 0.468 e. The van der Waals surface area contributed by atoms with Crippen LogP contribution >= 0.6 is 0 Å². The van der Waals surface area contributed by atoms with Crippen LogP contribution in [0, 0.1) is 0 Å². The van der Waals surface area contributed by atoms with E-state index in [2.05, 4.69) is 9.46 Å². The lowest BCUT2D eigenvalue weighted by atomic mass is 10.3. The number of aliphatic hydroxyl groups is 1. The summed E-state index contributed by atoms with van der Waals surface area (Å²) in [5.74, 6) is -0.806. The van der Waals surface area contributed by atoms with E-state index < -0.39 is 27.3 Å². The number of esters is 1. The standard InChI is InChI=1S/C8H17NO5S/c1-6(10)4-5-9-15(12,13)7(2)8(11)14-3/h6-7,9-10H,4-5H2,1-3H3. The average molecular weight is 239 g/mol. The predicted octanol–water partition coefficient (Wildman–Crippen LogP) is -0.762. The van der Waals surface area contributed by atoms with Crippen molar-refractivity contribution < 1.29 is 23.1 Å². The van der Waals surface area contributed by atoms with Crippen LogP contribution in [0.3, 0.4) is 0 Å². The molecule has 0 radical (unpaired) electrons. The molecule has 0 aromatic heterocycles. The summed E-state index contributed by atoms with van der Waals surface area (Å²) in [6, 6.07) is 0. The normalized spacial score (nSPS) is 15.7. The first-order valence-corrected chi connectivity index (χ1v) is 6.10. The van der Waals surface area contributed by atoms with Crippen LogP contribution in [0.1, 0.15) is 20.3 Å². The fourth-order valence-electron chi connectivity index (χ4n) is 0.828. The molecular formula is C8H17NO5S. The molecule has 15 heavy (non-hydrogen) atoms. The number of carbonyl (C=O) groups is 1. The molecule has 0 fully saturated rings. The fraction of sp³-hybridized carbons (Fsp3) is 0.875. The molecule has 0 saturated carbocycles. The highest BCUT2D eigenvalue weighted by Crippen LogP contribution is 2.00. The van der Waals surface area contributed by atoms with E-state index in [1.807, 2.05) is 0 Å². The van der Waals surface area contributed by atoms with Crippen molar-refractivity contribution in [2.24, 2.45) is 0 Å². The lowest BCUT2D eigenvalue weighted by Crippen LogP contribution is -2.39. The number of hydrogen-bond donors (Lipinski definition) is 2. The Bertz CT molecular complexity index is 298. The van der Waals surface area contributed by atoms with E-state index in [9.17, 15) is 13.2 Å². The van der Waals surface area contributed by atoms with Crippen LogP contribution in [0.5, 0.6) is 0 Å². The molecule has 0 saturated heterocycles. The maximum absolute atomic E-state index is 11.4. The van der Waals surface area contributed by atoms with E-state index in [-0.39, 0.29) is 6.54 Å². The molecule has 2 atom stereocenters. The molecule has 0 aliphatic rings. The Balaban J connectivity index is 4.24. The summed E-state index contributed by atoms with van der Waals surface area (Å²) in [6.07, 6.45) is -0.284. The van der Waals surface area contributed by atoms with Gasteiger partial charge in [-0.25, -0.2) is 13.1 Å². The predicted molar refractivity (Wildman–Crippen MR) is 54.7 cm³/mol. The molecule has 2 N–H and O–H groups in total. The summed E-state index contributed by atoms with van der Waals surface area (Å²) >= 11 is 0. The fourth-order valence-corrected chi connectivity index (χ4v) is 1.83. The second-order valence-corrected chi connectivity index (χ2v) is 5.33. The van der Waals surface area contributed by atoms with E-state index in [0.717, 1.165) is 7.11 Å². The maximum atomic E-state index is 11.4. The molecule has 0 aromatic carbocycles. The third-order valence-electron chi connectivity index (χ3n) is 1.86. The summed E-state index contributed by atoms with van der Waals surface area (Å²) in [7, 11) is -2.57. The summed E-state index contributed by atoms with van der Waals surface area (Å²) < 4.78 is 29.4. The lowest BCUT2D eigenvalue weighted by molar-refractivity contribution is -0.139. The molecule has 6 nitrogen and oxygen atoms in total. The van der Waals surface area contributed by atoms with E-state index in [0.29, 0.717) is 6.42 Å². The van der Waals surface area contributed by atoms with Crippen molar-refractivity contribution in [1.29, 1.82) is 0 Å². The molecule has 90 valence electrons. The Kier molecular flexibility index (Phi) is 5.77. The van der Waals surface area contributed by atoms with Crippen molar-refractivity contribution in [3.8, 4) is 0 Å². The van der Waals surface area contributed by atoms with Gasteiger partial charge >= 0.3 is 5.97 Å². The van der Waals surface area contributed by atoms with Gasteiger partial charge in [-0.2, -0.15) is 0 Å². The van der Waals surface area contributed by atoms with Crippen molar-refractivity contribution in [3.05, 3.63) is 0 Å². The monoisotopic (exact) mass is 239 g/mol. The zero-order valence-electron chi connectivity index (χ0n) is 9.06. The zero-order valence-corrected chi connectivity index (χ0v) is 9.87. The Labute approximate surface area is 89.7 Å². The molecule has 0 rings (SSSR count). The third-order valence-corrected chi connectivity index (χ3v) is 3.59. The lowest BCUT2D eigenvalue weighted by Gasteiger charge is -2.12. The Hall–Kier alpha value is -0.660. The Morgan fingerprint density at radius 3 is 2.40 bits per heavy atom. The molecule has 0 bridgehead atoms. The van der Waals surface area contributed by atoms with Crippen LogP contribution in [-0.4, -0.2) is 44.5 Å². The number of ether oxygens (including phenoxy) is 1. The SMILES string of the molecule is COC(=O)C(C)S(=O)(=O)NCCC(C)O. The highest BCUT2D eigenvalue weighted by molar-refractivity contribution is 7.90. The summed E-state index contributed by atoms with van der Waals surface area (Å²) in [5, 5.41) is 7.68. The van der Waals surface area contributed by atoms with Gasteiger partial charge in [-0.3, -0.25) is 4.79 Å². The Morgan fingerprint density at radius 1 is 1.47 bits per heavy atom. The molecule has 0 aromatic rings. The number of methoxy groups -OCH3 is 1. The topological polar surface area (TPSA) is 92.7 Å². The minimum atomic E-state index is -3.70. The zero-order chi connectivity index (χ0) is 12.1. The van der Waals surface area contributed by atoms with Crippen LogP contribution in [0.4, 0.5) is 0 Å². The van der Waals surface area contributed by atoms with Crippen molar-refractivity contribution in [2.45, 2.75) is 31.6 Å². The first-order valence-electron chi connectivity index (χ1n) is 4.55. The van der Waals surface area contributed by atoms with Crippen LogP contribution < -0.4 is 4.72 Å². The van der Waals surface area contributed by atoms with Crippen molar-refractivity contribution >= 4 is 16.0 Å². The molecule has 0 aliphatic carbocycles. The minimum absolute atomic E-state index is 0.0985. The quantitative estimate of drug-likeness (QED) is 0.594. The smallest absolute Gasteiger partial charge is 0.325 e. The summed E-state index contributed by atoms with van der Waals surface area (Å²) in [6.45, 7) is 2.90. The highest BCUT2D eigenvalue weighted by atomic mass is 32.2. The van der Waals surface area contributed by atoms with E-state index >= 15 is 0 Å². The molecule has 7 heteroatoms. The second kappa shape index (κ2) is 6.04. The number of nitrogens with one attached hydrogen (secondary N) is 1. The molecule has 0 aliphatic heterocycles. The summed E-state index contributed by atoms with van der Waals surface area (Å²) in [5.41, 5.74) is 0. The second-order valence-electron chi connectivity index (χ2n) is 3.24. The highest BCUT2D eigenvalue weighted by Gasteiger charge is 2.28. The van der Waals surface area contributed by atoms with Crippen molar-refractivity contribution in [1.82, 2.24) is 4.72 Å². The number of aliphatic hydroxyl groups excluding tert-OH is 1. The molecule has 2 unspecified atom stereocenters. The first-order chi connectivity index (χ1) is 6.81. The molecule has 0 heterocycles. The van der Waals surface area contributed by atoms with Crippen molar-refractivity contribution in [3.63, 3.8) is 0 Å². The van der Waals surface area contributed by atoms with E-state index in [1.54, 1.807) is 6.92 Å². The number of sulfonamides is 1. The minimum Gasteiger partial charge on any atom is -0.468 e. The van der Waals surface area contributed by atoms with Crippen LogP contribution in [0.2, 0.25) is 0 Å². The van der Waals surface area contributed by atoms with Gasteiger partial charge in [0.25, 0.3) is 0 Å². The molecule has 0 spiro atoms. The van der Waals surface area contributed by atoms with Gasteiger partial charge in [0.15, 0.2) is 5.25 Å². The van der Waals surface area contributed by atoms with Gasteiger partial charge in [-0.15, -0.1) is 0 Å². The third kappa shape index (κ3) is 5.10. The van der Waals surface area contributed by atoms with E-state index in [4.69, 9.17) is 5.11 Å². The Morgan fingerprint density at radius 2 is 2.00 bits per heavy atom. The average Bonchev–Trinajstić information content (AvgIpc) is 2.14. The van der Waals surface area contributed by atoms with Crippen molar-refractivity contribution in [2.75, 3.05) is 13.7 Å². The van der Waals surface area contributed by atoms with Crippen LogP contribution in [0.25, 0.3) is 0 Å². The van der Waals surface area contributed by atoms with Gasteiger partial charge in [-0.1, -0.05) is 0 Å². The maximum Gasteiger partial charge on any atom is 0.325 e. The summed E-state index contributed by atoms with van der Waals surface area (Å²) in [4.78, 5) is 11.0. The number of hydrogen-bond acceptors (Lipinski definition) is 5. The van der Waals surface area contributed by atoms with Gasteiger partial charge in [0, 0.05) is 6.54 Å². The molecular weight excluding hydrogens is 222 g/mol. The number of rotatable bonds is 6. The van der Waals surface area contributed by atoms with Gasteiger partial charge < -0.3 is 9.84 Å². The van der Waals surface area contributed by atoms with E-state index in [1.165, 1.54) is 6.92 Å². The molecule has 0 amide bonds. The van der Waals surface area contributed by atoms with Crippen LogP contribution in [-0.2, 0) is 19.6 Å². The first kappa shape index (κ1) is 14.3.